The van der Waals surface area contributed by atoms with Crippen LogP contribution in [0, 0.1) is 29.3 Å². The van der Waals surface area contributed by atoms with Crippen molar-refractivity contribution in [3.8, 4) is 5.75 Å². The lowest BCUT2D eigenvalue weighted by Crippen LogP contribution is -2.42. The van der Waals surface area contributed by atoms with Crippen molar-refractivity contribution in [3.05, 3.63) is 64.6 Å². The number of pyridine rings is 1. The highest BCUT2D eigenvalue weighted by atomic mass is 35.5. The smallest absolute Gasteiger partial charge is 0.303 e. The number of carbonyl (C=O) groups is 1. The van der Waals surface area contributed by atoms with Crippen LogP contribution in [0.2, 0.25) is 5.02 Å². The summed E-state index contributed by atoms with van der Waals surface area (Å²) >= 11 is 7.37. The molecule has 11 heteroatoms. The van der Waals surface area contributed by atoms with E-state index in [0.29, 0.717) is 66.5 Å². The zero-order valence-corrected chi connectivity index (χ0v) is 22.9. The molecule has 1 aromatic heterocycles. The maximum Gasteiger partial charge on any atom is 0.303 e. The summed E-state index contributed by atoms with van der Waals surface area (Å²) in [6, 6.07) is 6.67. The van der Waals surface area contributed by atoms with E-state index in [4.69, 9.17) is 16.3 Å². The highest BCUT2D eigenvalue weighted by Crippen LogP contribution is 2.39. The number of likely N-dealkylation sites (tertiary alicyclic amines) is 1. The molecule has 5 nitrogen and oxygen atoms in total. The Bertz CT molecular complexity index is 1330. The molecular weight excluding hydrogens is 556 g/mol. The summed E-state index contributed by atoms with van der Waals surface area (Å²) in [5.41, 5.74) is 0.958. The highest BCUT2D eigenvalue weighted by molar-refractivity contribution is 7.99. The number of rotatable bonds is 11. The highest BCUT2D eigenvalue weighted by Gasteiger charge is 2.32. The number of piperidine rings is 1. The van der Waals surface area contributed by atoms with Gasteiger partial charge in [0.15, 0.2) is 11.6 Å². The van der Waals surface area contributed by atoms with Crippen LogP contribution in [0.3, 0.4) is 0 Å². The number of methoxy groups -OCH3 is 1. The van der Waals surface area contributed by atoms with Crippen molar-refractivity contribution < 1.29 is 32.2 Å². The van der Waals surface area contributed by atoms with Gasteiger partial charge in [-0.05, 0) is 61.9 Å². The molecule has 0 aliphatic carbocycles. The lowest BCUT2D eigenvalue weighted by molar-refractivity contribution is -0.139. The van der Waals surface area contributed by atoms with Gasteiger partial charge in [-0.2, -0.15) is 0 Å². The number of hydrogen-bond acceptors (Lipinski definition) is 5. The number of ether oxygens (including phenoxy) is 1. The SMILES string of the molecule is COc1ccc2ncc(Cl)c([C@@H](F)CC[C@@H]3CCN(CCSc4cc(F)cc(F)c4F)C[C@@H]3CC(=O)O)c2c1. The number of carboxylic acids is 1. The van der Waals surface area contributed by atoms with E-state index in [1.807, 2.05) is 0 Å². The first-order valence-electron chi connectivity index (χ1n) is 12.6. The number of thioether (sulfide) groups is 1. The number of aromatic nitrogens is 1. The number of benzene rings is 2. The summed E-state index contributed by atoms with van der Waals surface area (Å²) in [7, 11) is 1.53. The van der Waals surface area contributed by atoms with Gasteiger partial charge in [0.25, 0.3) is 0 Å². The number of hydrogen-bond donors (Lipinski definition) is 1. The first kappa shape index (κ1) is 29.4. The molecule has 0 bridgehead atoms. The van der Waals surface area contributed by atoms with Gasteiger partial charge in [-0.15, -0.1) is 11.8 Å². The summed E-state index contributed by atoms with van der Waals surface area (Å²) < 4.78 is 61.8. The summed E-state index contributed by atoms with van der Waals surface area (Å²) in [5, 5.41) is 10.3. The van der Waals surface area contributed by atoms with Gasteiger partial charge in [-0.3, -0.25) is 9.78 Å². The molecule has 0 amide bonds. The van der Waals surface area contributed by atoms with Crippen LogP contribution in [0.15, 0.2) is 41.4 Å². The molecule has 0 spiro atoms. The van der Waals surface area contributed by atoms with Crippen LogP contribution in [0.5, 0.6) is 5.75 Å². The minimum Gasteiger partial charge on any atom is -0.497 e. The first-order valence-corrected chi connectivity index (χ1v) is 14.0. The second-order valence-corrected chi connectivity index (χ2v) is 11.2. The van der Waals surface area contributed by atoms with E-state index in [1.54, 1.807) is 18.2 Å². The Kier molecular flexibility index (Phi) is 9.96. The molecule has 2 heterocycles. The van der Waals surface area contributed by atoms with Crippen molar-refractivity contribution in [2.75, 3.05) is 32.5 Å². The minimum absolute atomic E-state index is 0.000532. The topological polar surface area (TPSA) is 62.7 Å². The fraction of sp³-hybridized carbons (Fsp3) is 0.429. The van der Waals surface area contributed by atoms with E-state index in [1.165, 1.54) is 13.3 Å². The molecule has 1 aliphatic rings. The average molecular weight is 585 g/mol. The summed E-state index contributed by atoms with van der Waals surface area (Å²) in [4.78, 5) is 17.8. The van der Waals surface area contributed by atoms with Crippen molar-refractivity contribution >= 4 is 40.2 Å². The quantitative estimate of drug-likeness (QED) is 0.145. The van der Waals surface area contributed by atoms with Crippen LogP contribution in [0.25, 0.3) is 10.9 Å². The number of alkyl halides is 1. The molecule has 0 radical (unpaired) electrons. The van der Waals surface area contributed by atoms with Crippen LogP contribution in [-0.4, -0.2) is 53.5 Å². The fourth-order valence-corrected chi connectivity index (χ4v) is 6.49. The van der Waals surface area contributed by atoms with Gasteiger partial charge < -0.3 is 14.7 Å². The number of halogens is 5. The first-order chi connectivity index (χ1) is 18.7. The lowest BCUT2D eigenvalue weighted by atomic mass is 9.79. The van der Waals surface area contributed by atoms with Crippen molar-refractivity contribution in [1.29, 1.82) is 0 Å². The van der Waals surface area contributed by atoms with Crippen molar-refractivity contribution in [2.45, 2.75) is 36.8 Å². The molecule has 0 unspecified atom stereocenters. The Labute approximate surface area is 233 Å². The van der Waals surface area contributed by atoms with Crippen LogP contribution >= 0.6 is 23.4 Å². The fourth-order valence-electron chi connectivity index (χ4n) is 5.23. The molecule has 39 heavy (non-hydrogen) atoms. The van der Waals surface area contributed by atoms with Crippen molar-refractivity contribution in [2.24, 2.45) is 11.8 Å². The van der Waals surface area contributed by atoms with E-state index in [0.717, 1.165) is 17.8 Å². The molecule has 1 saturated heterocycles. The van der Waals surface area contributed by atoms with E-state index < -0.39 is 29.6 Å². The largest absolute Gasteiger partial charge is 0.497 e. The summed E-state index contributed by atoms with van der Waals surface area (Å²) in [6.45, 7) is 1.65. The van der Waals surface area contributed by atoms with Gasteiger partial charge in [-0.25, -0.2) is 17.6 Å². The summed E-state index contributed by atoms with van der Waals surface area (Å²) in [5.74, 6) is -3.32. The molecule has 1 fully saturated rings. The van der Waals surface area contributed by atoms with Gasteiger partial charge in [0.05, 0.1) is 17.6 Å². The maximum absolute atomic E-state index is 15.6. The van der Waals surface area contributed by atoms with Crippen LogP contribution in [0.1, 0.15) is 37.4 Å². The second kappa shape index (κ2) is 13.2. The van der Waals surface area contributed by atoms with Crippen molar-refractivity contribution in [1.82, 2.24) is 9.88 Å². The molecule has 2 aromatic carbocycles. The Morgan fingerprint density at radius 2 is 2.05 bits per heavy atom. The van der Waals surface area contributed by atoms with Crippen molar-refractivity contribution in [3.63, 3.8) is 0 Å². The van der Waals surface area contributed by atoms with Gasteiger partial charge >= 0.3 is 5.97 Å². The van der Waals surface area contributed by atoms with Gasteiger partial charge in [0, 0.05) is 53.4 Å². The van der Waals surface area contributed by atoms with Gasteiger partial charge in [0.1, 0.15) is 17.7 Å². The Balaban J connectivity index is 1.38. The normalized spacial score (nSPS) is 18.8. The number of carboxylic acid groups (broad SMARTS) is 1. The molecule has 3 atom stereocenters. The minimum atomic E-state index is -1.36. The standard InChI is InChI=1S/C28H29ClF4N2O3S/c1-38-19-3-5-24-20(13-19)27(21(29)14-34-24)22(31)4-2-16-6-7-35(15-17(16)10-26(36)37)8-9-39-25-12-18(30)11-23(32)28(25)33/h3,5,11-14,16-17,22H,2,4,6-10,15H2,1H3,(H,36,37)/t16-,17+,22+/m1/s1. The Morgan fingerprint density at radius 3 is 2.79 bits per heavy atom. The molecular formula is C28H29ClF4N2O3S. The lowest BCUT2D eigenvalue weighted by Gasteiger charge is -2.38. The Hall–Kier alpha value is -2.56. The van der Waals surface area contributed by atoms with Crippen LogP contribution in [-0.2, 0) is 4.79 Å². The zero-order chi connectivity index (χ0) is 28.1. The monoisotopic (exact) mass is 584 g/mol. The predicted molar refractivity (Wildman–Crippen MR) is 144 cm³/mol. The molecule has 1 N–H and O–H groups in total. The second-order valence-electron chi connectivity index (χ2n) is 9.70. The van der Waals surface area contributed by atoms with Crippen LogP contribution in [0.4, 0.5) is 17.6 Å². The predicted octanol–water partition coefficient (Wildman–Crippen LogP) is 7.31. The Morgan fingerprint density at radius 1 is 1.26 bits per heavy atom. The third-order valence-electron chi connectivity index (χ3n) is 7.21. The number of fused-ring (bicyclic) bond motifs is 1. The molecule has 4 rings (SSSR count). The maximum atomic E-state index is 15.6. The number of aliphatic carboxylic acids is 1. The third-order valence-corrected chi connectivity index (χ3v) is 8.51. The zero-order valence-electron chi connectivity index (χ0n) is 21.3. The molecule has 3 aromatic rings. The van der Waals surface area contributed by atoms with E-state index in [9.17, 15) is 23.1 Å². The third kappa shape index (κ3) is 7.35. The van der Waals surface area contributed by atoms with E-state index in [2.05, 4.69) is 9.88 Å². The van der Waals surface area contributed by atoms with Gasteiger partial charge in [0.2, 0.25) is 0 Å². The van der Waals surface area contributed by atoms with E-state index >= 15 is 4.39 Å². The number of nitrogens with zero attached hydrogens (tertiary/aromatic N) is 2. The molecule has 0 saturated carbocycles. The van der Waals surface area contributed by atoms with Gasteiger partial charge in [-0.1, -0.05) is 11.6 Å². The average Bonchev–Trinajstić information content (AvgIpc) is 2.90. The van der Waals surface area contributed by atoms with E-state index in [-0.39, 0.29) is 34.6 Å². The molecule has 210 valence electrons. The summed E-state index contributed by atoms with van der Waals surface area (Å²) in [6.07, 6.45) is 1.36. The van der Waals surface area contributed by atoms with Crippen LogP contribution < -0.4 is 4.74 Å². The molecule has 1 aliphatic heterocycles.